The molecule has 6 heteroatoms. The summed E-state index contributed by atoms with van der Waals surface area (Å²) in [5.41, 5.74) is 1.21. The van der Waals surface area contributed by atoms with Gasteiger partial charge in [-0.15, -0.1) is 0 Å². The molecule has 0 unspecified atom stereocenters. The zero-order chi connectivity index (χ0) is 28.0. The highest BCUT2D eigenvalue weighted by molar-refractivity contribution is 5.77. The van der Waals surface area contributed by atoms with Crippen LogP contribution in [0.2, 0.25) is 0 Å². The summed E-state index contributed by atoms with van der Waals surface area (Å²) in [5.74, 6) is 1.78. The quantitative estimate of drug-likeness (QED) is 0.119. The fraction of sp³-hybridized carbons (Fsp3) is 0.636. The Hall–Kier alpha value is -2.76. The predicted octanol–water partition coefficient (Wildman–Crippen LogP) is 7.21. The zero-order valence-electron chi connectivity index (χ0n) is 24.8. The highest BCUT2D eigenvalue weighted by Crippen LogP contribution is 2.31. The maximum absolute atomic E-state index is 12.3. The molecule has 0 bridgehead atoms. The van der Waals surface area contributed by atoms with E-state index >= 15 is 0 Å². The first-order valence-electron chi connectivity index (χ1n) is 15.4. The number of aromatic nitrogens is 1. The molecule has 0 fully saturated rings. The molecule has 0 saturated heterocycles. The first-order valence-corrected chi connectivity index (χ1v) is 15.4. The van der Waals surface area contributed by atoms with Crippen molar-refractivity contribution in [2.75, 3.05) is 26.9 Å². The molecule has 0 radical (unpaired) electrons. The molecule has 0 aliphatic rings. The summed E-state index contributed by atoms with van der Waals surface area (Å²) in [6, 6.07) is 11.6. The van der Waals surface area contributed by atoms with Gasteiger partial charge in [-0.2, -0.15) is 0 Å². The molecular weight excluding hydrogens is 488 g/mol. The molecule has 0 saturated carbocycles. The third kappa shape index (κ3) is 14.3. The number of carbonyl (C=O) groups excluding carboxylic acids is 1. The number of nitrogens with one attached hydrogen (secondary N) is 1. The fourth-order valence-electron chi connectivity index (χ4n) is 4.71. The van der Waals surface area contributed by atoms with Gasteiger partial charge in [-0.05, 0) is 18.6 Å². The van der Waals surface area contributed by atoms with Crippen molar-refractivity contribution in [1.29, 1.82) is 0 Å². The first kappa shape index (κ1) is 32.5. The number of nitrogens with zero attached hydrogens (tertiary/aromatic N) is 1. The van der Waals surface area contributed by atoms with Gasteiger partial charge in [-0.3, -0.25) is 4.79 Å². The van der Waals surface area contributed by atoms with E-state index in [1.807, 2.05) is 24.3 Å². The Bertz CT molecular complexity index is 918. The molecule has 1 heterocycles. The SMILES string of the molecule is CCCCCCCCCCCCCCOc1ccc(OCC(=O)NCCc2cccc[n+]2CCC)cc1OC. The molecule has 1 amide bonds. The number of pyridine rings is 1. The van der Waals surface area contributed by atoms with Crippen molar-refractivity contribution < 1.29 is 23.6 Å². The van der Waals surface area contributed by atoms with Crippen LogP contribution in [0.4, 0.5) is 0 Å². The van der Waals surface area contributed by atoms with Gasteiger partial charge in [-0.1, -0.05) is 90.5 Å². The van der Waals surface area contributed by atoms with E-state index in [0.29, 0.717) is 30.4 Å². The van der Waals surface area contributed by atoms with E-state index in [2.05, 4.69) is 36.0 Å². The summed E-state index contributed by atoms with van der Waals surface area (Å²) >= 11 is 0. The van der Waals surface area contributed by atoms with Crippen LogP contribution in [-0.2, 0) is 17.8 Å². The van der Waals surface area contributed by atoms with E-state index < -0.39 is 0 Å². The second-order valence-corrected chi connectivity index (χ2v) is 10.3. The van der Waals surface area contributed by atoms with Crippen LogP contribution in [0, 0.1) is 0 Å². The number of benzene rings is 1. The van der Waals surface area contributed by atoms with E-state index in [1.54, 1.807) is 13.2 Å². The molecule has 1 N–H and O–H groups in total. The Labute approximate surface area is 237 Å². The van der Waals surface area contributed by atoms with Crippen LogP contribution in [-0.4, -0.2) is 32.8 Å². The minimum absolute atomic E-state index is 0.0357. The Morgan fingerprint density at radius 1 is 0.795 bits per heavy atom. The zero-order valence-corrected chi connectivity index (χ0v) is 24.8. The summed E-state index contributed by atoms with van der Waals surface area (Å²) < 4.78 is 19.4. The van der Waals surface area contributed by atoms with Gasteiger partial charge in [0.15, 0.2) is 30.0 Å². The lowest BCUT2D eigenvalue weighted by atomic mass is 10.1. The summed E-state index contributed by atoms with van der Waals surface area (Å²) in [6.45, 7) is 6.63. The molecule has 2 aromatic rings. The fourth-order valence-corrected chi connectivity index (χ4v) is 4.71. The van der Waals surface area contributed by atoms with E-state index in [9.17, 15) is 4.79 Å². The largest absolute Gasteiger partial charge is 0.493 e. The number of amides is 1. The molecule has 0 aliphatic heterocycles. The van der Waals surface area contributed by atoms with Crippen LogP contribution in [0.15, 0.2) is 42.6 Å². The lowest BCUT2D eigenvalue weighted by molar-refractivity contribution is -0.704. The number of hydrogen-bond acceptors (Lipinski definition) is 4. The normalized spacial score (nSPS) is 10.8. The molecule has 0 aliphatic carbocycles. The minimum Gasteiger partial charge on any atom is -0.493 e. The number of rotatable bonds is 23. The maximum Gasteiger partial charge on any atom is 0.257 e. The molecule has 39 heavy (non-hydrogen) atoms. The van der Waals surface area contributed by atoms with Crippen molar-refractivity contribution in [2.45, 2.75) is 110 Å². The number of hydrogen-bond donors (Lipinski definition) is 1. The lowest BCUT2D eigenvalue weighted by Crippen LogP contribution is -2.40. The van der Waals surface area contributed by atoms with Gasteiger partial charge >= 0.3 is 0 Å². The summed E-state index contributed by atoms with van der Waals surface area (Å²) in [6.07, 6.45) is 19.8. The van der Waals surface area contributed by atoms with Gasteiger partial charge in [0.2, 0.25) is 0 Å². The van der Waals surface area contributed by atoms with Crippen LogP contribution in [0.5, 0.6) is 17.2 Å². The summed E-state index contributed by atoms with van der Waals surface area (Å²) in [5, 5.41) is 2.95. The second-order valence-electron chi connectivity index (χ2n) is 10.3. The van der Waals surface area contributed by atoms with Crippen LogP contribution < -0.4 is 24.1 Å². The molecule has 0 atom stereocenters. The van der Waals surface area contributed by atoms with E-state index in [1.165, 1.54) is 76.3 Å². The van der Waals surface area contributed by atoms with Crippen molar-refractivity contribution in [3.8, 4) is 17.2 Å². The Morgan fingerprint density at radius 2 is 1.49 bits per heavy atom. The molecule has 1 aromatic carbocycles. The number of carbonyl (C=O) groups is 1. The standard InChI is InChI=1S/C33H52N2O4/c1-4-6-7-8-9-10-11-12-13-14-15-18-26-38-31-21-20-30(27-32(31)37-3)39-28-33(36)34-23-22-29-19-16-17-25-35(29)24-5-2/h16-17,19-21,25,27H,4-15,18,22-24,26,28H2,1-3H3/p+1. The average Bonchev–Trinajstić information content (AvgIpc) is 2.95. The smallest absolute Gasteiger partial charge is 0.257 e. The van der Waals surface area contributed by atoms with E-state index in [0.717, 1.165) is 25.8 Å². The number of ether oxygens (including phenoxy) is 3. The molecule has 218 valence electrons. The molecule has 6 nitrogen and oxygen atoms in total. The van der Waals surface area contributed by atoms with Crippen molar-refractivity contribution >= 4 is 5.91 Å². The van der Waals surface area contributed by atoms with Crippen LogP contribution in [0.25, 0.3) is 0 Å². The third-order valence-corrected chi connectivity index (χ3v) is 6.96. The average molecular weight is 542 g/mol. The maximum atomic E-state index is 12.3. The third-order valence-electron chi connectivity index (χ3n) is 6.96. The minimum atomic E-state index is -0.140. The molecule has 0 spiro atoms. The second kappa shape index (κ2) is 21.1. The van der Waals surface area contributed by atoms with Crippen LogP contribution >= 0.6 is 0 Å². The Kier molecular flexibility index (Phi) is 17.6. The predicted molar refractivity (Wildman–Crippen MR) is 159 cm³/mol. The summed E-state index contributed by atoms with van der Waals surface area (Å²) in [7, 11) is 1.62. The van der Waals surface area contributed by atoms with Gasteiger partial charge in [0, 0.05) is 37.6 Å². The van der Waals surface area contributed by atoms with Gasteiger partial charge in [-0.25, -0.2) is 4.57 Å². The van der Waals surface area contributed by atoms with Crippen molar-refractivity contribution in [2.24, 2.45) is 0 Å². The van der Waals surface area contributed by atoms with Gasteiger partial charge in [0.1, 0.15) is 12.3 Å². The molecule has 2 rings (SSSR count). The van der Waals surface area contributed by atoms with Gasteiger partial charge < -0.3 is 19.5 Å². The van der Waals surface area contributed by atoms with Crippen molar-refractivity contribution in [3.63, 3.8) is 0 Å². The topological polar surface area (TPSA) is 60.7 Å². The highest BCUT2D eigenvalue weighted by atomic mass is 16.5. The van der Waals surface area contributed by atoms with Crippen molar-refractivity contribution in [1.82, 2.24) is 5.32 Å². The van der Waals surface area contributed by atoms with Gasteiger partial charge in [0.05, 0.1) is 13.7 Å². The van der Waals surface area contributed by atoms with Gasteiger partial charge in [0.25, 0.3) is 5.91 Å². The lowest BCUT2D eigenvalue weighted by Gasteiger charge is -2.13. The van der Waals surface area contributed by atoms with E-state index in [-0.39, 0.29) is 12.5 Å². The highest BCUT2D eigenvalue weighted by Gasteiger charge is 2.11. The Morgan fingerprint density at radius 3 is 2.15 bits per heavy atom. The van der Waals surface area contributed by atoms with Crippen LogP contribution in [0.1, 0.15) is 103 Å². The van der Waals surface area contributed by atoms with Crippen molar-refractivity contribution in [3.05, 3.63) is 48.3 Å². The number of aryl methyl sites for hydroxylation is 1. The number of unbranched alkanes of at least 4 members (excludes halogenated alkanes) is 11. The van der Waals surface area contributed by atoms with Crippen LogP contribution in [0.3, 0.4) is 0 Å². The van der Waals surface area contributed by atoms with E-state index in [4.69, 9.17) is 14.2 Å². The number of methoxy groups -OCH3 is 1. The Balaban J connectivity index is 1.58. The molecule has 1 aromatic heterocycles. The monoisotopic (exact) mass is 541 g/mol. The molecular formula is C33H53N2O4+. The first-order chi connectivity index (χ1) is 19.2. The summed E-state index contributed by atoms with van der Waals surface area (Å²) in [4.78, 5) is 12.3.